The number of H-pyrrole nitrogens is 1. The topological polar surface area (TPSA) is 83.8 Å². The number of amides is 1. The summed E-state index contributed by atoms with van der Waals surface area (Å²) in [6.07, 6.45) is 0.713. The standard InChI is InChI=1S/C14H20N4O/c1-9(5-6-15)14(19)16-8-11-3-4-12-13(7-11)18-10(2)17-12/h3-4,7,9H,5-6,8,15H2,1-2H3,(H,16,19)(H,17,18). The number of aryl methyl sites for hydroxylation is 1. The number of hydrogen-bond donors (Lipinski definition) is 3. The van der Waals surface area contributed by atoms with E-state index in [4.69, 9.17) is 5.73 Å². The van der Waals surface area contributed by atoms with Gasteiger partial charge in [0.05, 0.1) is 11.0 Å². The fraction of sp³-hybridized carbons (Fsp3) is 0.429. The maximum Gasteiger partial charge on any atom is 0.223 e. The quantitative estimate of drug-likeness (QED) is 0.761. The number of nitrogens with zero attached hydrogens (tertiary/aromatic N) is 1. The maximum absolute atomic E-state index is 11.8. The predicted octanol–water partition coefficient (Wildman–Crippen LogP) is 1.47. The Hall–Kier alpha value is -1.88. The molecule has 0 aliphatic heterocycles. The van der Waals surface area contributed by atoms with E-state index in [1.807, 2.05) is 32.0 Å². The molecule has 0 aliphatic carbocycles. The first kappa shape index (κ1) is 13.5. The Morgan fingerprint density at radius 2 is 2.32 bits per heavy atom. The van der Waals surface area contributed by atoms with Gasteiger partial charge in [-0.1, -0.05) is 13.0 Å². The molecule has 0 spiro atoms. The van der Waals surface area contributed by atoms with Gasteiger partial charge in [-0.2, -0.15) is 0 Å². The van der Waals surface area contributed by atoms with Crippen molar-refractivity contribution in [2.75, 3.05) is 6.54 Å². The molecule has 1 atom stereocenters. The van der Waals surface area contributed by atoms with E-state index in [9.17, 15) is 4.79 Å². The zero-order valence-electron chi connectivity index (χ0n) is 11.4. The molecule has 5 heteroatoms. The van der Waals surface area contributed by atoms with Crippen molar-refractivity contribution in [3.63, 3.8) is 0 Å². The number of rotatable bonds is 5. The van der Waals surface area contributed by atoms with Gasteiger partial charge in [0.2, 0.25) is 5.91 Å². The number of nitrogens with two attached hydrogens (primary N) is 1. The minimum Gasteiger partial charge on any atom is -0.352 e. The predicted molar refractivity (Wildman–Crippen MR) is 75.5 cm³/mol. The Morgan fingerprint density at radius 1 is 1.53 bits per heavy atom. The van der Waals surface area contributed by atoms with E-state index in [0.29, 0.717) is 19.5 Å². The first-order valence-electron chi connectivity index (χ1n) is 6.53. The van der Waals surface area contributed by atoms with Crippen LogP contribution in [-0.2, 0) is 11.3 Å². The van der Waals surface area contributed by atoms with Gasteiger partial charge in [-0.15, -0.1) is 0 Å². The summed E-state index contributed by atoms with van der Waals surface area (Å²) in [4.78, 5) is 19.3. The second kappa shape index (κ2) is 5.84. The number of imidazole rings is 1. The number of benzene rings is 1. The first-order chi connectivity index (χ1) is 9.10. The van der Waals surface area contributed by atoms with Crippen LogP contribution in [0.3, 0.4) is 0 Å². The fourth-order valence-electron chi connectivity index (χ4n) is 2.04. The number of carbonyl (C=O) groups excluding carboxylic acids is 1. The Kier molecular flexibility index (Phi) is 4.16. The molecule has 2 rings (SSSR count). The Balaban J connectivity index is 1.99. The van der Waals surface area contributed by atoms with Crippen LogP contribution < -0.4 is 11.1 Å². The third-order valence-electron chi connectivity index (χ3n) is 3.18. The third-order valence-corrected chi connectivity index (χ3v) is 3.18. The summed E-state index contributed by atoms with van der Waals surface area (Å²) >= 11 is 0. The molecule has 1 aromatic heterocycles. The van der Waals surface area contributed by atoms with Crippen LogP contribution >= 0.6 is 0 Å². The normalized spacial score (nSPS) is 12.6. The van der Waals surface area contributed by atoms with Gasteiger partial charge in [-0.25, -0.2) is 4.98 Å². The number of fused-ring (bicyclic) bond motifs is 1. The van der Waals surface area contributed by atoms with Gasteiger partial charge in [0, 0.05) is 12.5 Å². The zero-order chi connectivity index (χ0) is 13.8. The third kappa shape index (κ3) is 3.32. The van der Waals surface area contributed by atoms with Crippen LogP contribution in [0.15, 0.2) is 18.2 Å². The molecule has 1 aromatic carbocycles. The Morgan fingerprint density at radius 3 is 3.05 bits per heavy atom. The van der Waals surface area contributed by atoms with E-state index >= 15 is 0 Å². The van der Waals surface area contributed by atoms with Gasteiger partial charge in [-0.3, -0.25) is 4.79 Å². The number of aromatic nitrogens is 2. The second-order valence-corrected chi connectivity index (χ2v) is 4.87. The summed E-state index contributed by atoms with van der Waals surface area (Å²) in [6.45, 7) is 4.88. The van der Waals surface area contributed by atoms with E-state index in [0.717, 1.165) is 22.4 Å². The lowest BCUT2D eigenvalue weighted by molar-refractivity contribution is -0.124. The van der Waals surface area contributed by atoms with Crippen molar-refractivity contribution in [3.05, 3.63) is 29.6 Å². The highest BCUT2D eigenvalue weighted by Gasteiger charge is 2.11. The van der Waals surface area contributed by atoms with Crippen molar-refractivity contribution in [2.24, 2.45) is 11.7 Å². The SMILES string of the molecule is Cc1nc2ccc(CNC(=O)C(C)CCN)cc2[nH]1. The van der Waals surface area contributed by atoms with Crippen molar-refractivity contribution in [1.82, 2.24) is 15.3 Å². The fourth-order valence-corrected chi connectivity index (χ4v) is 2.04. The molecule has 19 heavy (non-hydrogen) atoms. The molecule has 4 N–H and O–H groups in total. The highest BCUT2D eigenvalue weighted by Crippen LogP contribution is 2.13. The van der Waals surface area contributed by atoms with Crippen LogP contribution in [0.5, 0.6) is 0 Å². The average molecular weight is 260 g/mol. The molecule has 2 aromatic rings. The van der Waals surface area contributed by atoms with Gasteiger partial charge in [-0.05, 0) is 37.6 Å². The molecule has 102 valence electrons. The highest BCUT2D eigenvalue weighted by atomic mass is 16.1. The number of hydrogen-bond acceptors (Lipinski definition) is 3. The van der Waals surface area contributed by atoms with Crippen LogP contribution in [0, 0.1) is 12.8 Å². The largest absolute Gasteiger partial charge is 0.352 e. The summed E-state index contributed by atoms with van der Waals surface area (Å²) < 4.78 is 0. The molecular weight excluding hydrogens is 240 g/mol. The van der Waals surface area contributed by atoms with E-state index in [1.54, 1.807) is 0 Å². The summed E-state index contributed by atoms with van der Waals surface area (Å²) in [5.74, 6) is 0.905. The van der Waals surface area contributed by atoms with E-state index in [-0.39, 0.29) is 11.8 Å². The summed E-state index contributed by atoms with van der Waals surface area (Å²) in [7, 11) is 0. The molecule has 1 amide bonds. The van der Waals surface area contributed by atoms with Gasteiger partial charge in [0.25, 0.3) is 0 Å². The summed E-state index contributed by atoms with van der Waals surface area (Å²) in [5, 5.41) is 2.93. The van der Waals surface area contributed by atoms with Crippen molar-refractivity contribution in [3.8, 4) is 0 Å². The number of nitrogens with one attached hydrogen (secondary N) is 2. The molecule has 0 radical (unpaired) electrons. The van der Waals surface area contributed by atoms with Crippen molar-refractivity contribution < 1.29 is 4.79 Å². The summed E-state index contributed by atoms with van der Waals surface area (Å²) in [6, 6.07) is 5.96. The van der Waals surface area contributed by atoms with Crippen LogP contribution in [-0.4, -0.2) is 22.4 Å². The molecule has 0 bridgehead atoms. The molecule has 5 nitrogen and oxygen atoms in total. The molecular formula is C14H20N4O. The van der Waals surface area contributed by atoms with Crippen molar-refractivity contribution >= 4 is 16.9 Å². The van der Waals surface area contributed by atoms with E-state index < -0.39 is 0 Å². The molecule has 1 unspecified atom stereocenters. The average Bonchev–Trinajstić information content (AvgIpc) is 2.75. The van der Waals surface area contributed by atoms with Gasteiger partial charge >= 0.3 is 0 Å². The Labute approximate surface area is 112 Å². The molecule has 0 saturated carbocycles. The molecule has 0 saturated heterocycles. The lowest BCUT2D eigenvalue weighted by Gasteiger charge is -2.11. The van der Waals surface area contributed by atoms with Gasteiger partial charge < -0.3 is 16.0 Å². The van der Waals surface area contributed by atoms with Crippen LogP contribution in [0.2, 0.25) is 0 Å². The summed E-state index contributed by atoms with van der Waals surface area (Å²) in [5.41, 5.74) is 8.46. The smallest absolute Gasteiger partial charge is 0.223 e. The van der Waals surface area contributed by atoms with Crippen molar-refractivity contribution in [2.45, 2.75) is 26.8 Å². The minimum absolute atomic E-state index is 0.0388. The van der Waals surface area contributed by atoms with Gasteiger partial charge in [0.1, 0.15) is 5.82 Å². The zero-order valence-corrected chi connectivity index (χ0v) is 11.4. The minimum atomic E-state index is -0.0388. The Bertz CT molecular complexity index is 576. The van der Waals surface area contributed by atoms with Crippen molar-refractivity contribution in [1.29, 1.82) is 0 Å². The van der Waals surface area contributed by atoms with E-state index in [2.05, 4.69) is 15.3 Å². The molecule has 1 heterocycles. The molecule has 0 aliphatic rings. The van der Waals surface area contributed by atoms with Crippen LogP contribution in [0.1, 0.15) is 24.7 Å². The second-order valence-electron chi connectivity index (χ2n) is 4.87. The van der Waals surface area contributed by atoms with Gasteiger partial charge in [0.15, 0.2) is 0 Å². The molecule has 0 fully saturated rings. The lowest BCUT2D eigenvalue weighted by atomic mass is 10.1. The van der Waals surface area contributed by atoms with Crippen LogP contribution in [0.4, 0.5) is 0 Å². The first-order valence-corrected chi connectivity index (χ1v) is 6.53. The highest BCUT2D eigenvalue weighted by molar-refractivity contribution is 5.79. The number of carbonyl (C=O) groups is 1. The number of aromatic amines is 1. The maximum atomic E-state index is 11.8. The van der Waals surface area contributed by atoms with Crippen LogP contribution in [0.25, 0.3) is 11.0 Å². The van der Waals surface area contributed by atoms with E-state index in [1.165, 1.54) is 0 Å². The lowest BCUT2D eigenvalue weighted by Crippen LogP contribution is -2.29. The monoisotopic (exact) mass is 260 g/mol.